The van der Waals surface area contributed by atoms with E-state index in [2.05, 4.69) is 38.2 Å². The number of unbranched alkanes of at least 4 members (excludes halogenated alkanes) is 24. The Hall–Kier alpha value is -0.520. The molecule has 0 rings (SSSR count). The predicted octanol–water partition coefficient (Wildman–Crippen LogP) is 12.7. The van der Waals surface area contributed by atoms with E-state index < -0.39 is 0 Å². The maximum atomic E-state index is 2.42. The number of hydrogen-bond acceptors (Lipinski definition) is 0. The SMILES string of the molecule is CCCCC=CCCCCCCCCCCCCCCCCCCCCC=CCCCCC. The van der Waals surface area contributed by atoms with Gasteiger partial charge in [0, 0.05) is 0 Å². The van der Waals surface area contributed by atoms with Crippen molar-refractivity contribution in [3.63, 3.8) is 0 Å². The molecule has 196 valence electrons. The molecule has 0 N–H and O–H groups in total. The van der Waals surface area contributed by atoms with Gasteiger partial charge in [-0.2, -0.15) is 0 Å². The zero-order valence-electron chi connectivity index (χ0n) is 23.4. The van der Waals surface area contributed by atoms with Crippen LogP contribution in [0.1, 0.15) is 187 Å². The zero-order chi connectivity index (χ0) is 23.9. The van der Waals surface area contributed by atoms with Crippen molar-refractivity contribution in [1.29, 1.82) is 0 Å². The van der Waals surface area contributed by atoms with Crippen LogP contribution in [0.3, 0.4) is 0 Å². The third-order valence-corrected chi connectivity index (χ3v) is 7.02. The van der Waals surface area contributed by atoms with Gasteiger partial charge in [0.25, 0.3) is 0 Å². The smallest absolute Gasteiger partial charge is 0.0351 e. The molecule has 0 bridgehead atoms. The third kappa shape index (κ3) is 31.5. The van der Waals surface area contributed by atoms with Crippen LogP contribution in [-0.2, 0) is 0 Å². The topological polar surface area (TPSA) is 0 Å². The molecule has 0 atom stereocenters. The van der Waals surface area contributed by atoms with E-state index >= 15 is 0 Å². The fourth-order valence-corrected chi connectivity index (χ4v) is 4.66. The second kappa shape index (κ2) is 31.5. The Kier molecular flexibility index (Phi) is 31.0. The second-order valence-electron chi connectivity index (χ2n) is 10.5. The first-order chi connectivity index (χ1) is 16.4. The highest BCUT2D eigenvalue weighted by Gasteiger charge is 1.95. The Bertz CT molecular complexity index is 377. The van der Waals surface area contributed by atoms with Crippen LogP contribution in [-0.4, -0.2) is 0 Å². The fourth-order valence-electron chi connectivity index (χ4n) is 4.66. The van der Waals surface area contributed by atoms with Crippen molar-refractivity contribution in [2.24, 2.45) is 0 Å². The summed E-state index contributed by atoms with van der Waals surface area (Å²) in [7, 11) is 0. The first-order valence-corrected chi connectivity index (χ1v) is 15.7. The Morgan fingerprint density at radius 2 is 0.455 bits per heavy atom. The molecule has 0 radical (unpaired) electrons. The van der Waals surface area contributed by atoms with E-state index in [0.29, 0.717) is 0 Å². The Balaban J connectivity index is 3.06. The lowest BCUT2D eigenvalue weighted by atomic mass is 10.0. The molecule has 33 heavy (non-hydrogen) atoms. The molecular formula is C33H64. The van der Waals surface area contributed by atoms with Gasteiger partial charge in [-0.3, -0.25) is 0 Å². The summed E-state index contributed by atoms with van der Waals surface area (Å²) in [4.78, 5) is 0. The minimum atomic E-state index is 1.29. The molecular weight excluding hydrogens is 396 g/mol. The van der Waals surface area contributed by atoms with Crippen molar-refractivity contribution in [2.75, 3.05) is 0 Å². The minimum Gasteiger partial charge on any atom is -0.0885 e. The van der Waals surface area contributed by atoms with E-state index in [9.17, 15) is 0 Å². The van der Waals surface area contributed by atoms with Crippen LogP contribution in [0, 0.1) is 0 Å². The maximum absolute atomic E-state index is 2.42. The van der Waals surface area contributed by atoms with Gasteiger partial charge in [0.05, 0.1) is 0 Å². The summed E-state index contributed by atoms with van der Waals surface area (Å²) in [6, 6.07) is 0. The molecule has 0 aromatic carbocycles. The average molecular weight is 461 g/mol. The lowest BCUT2D eigenvalue weighted by Crippen LogP contribution is -1.84. The average Bonchev–Trinajstić information content (AvgIpc) is 2.83. The van der Waals surface area contributed by atoms with Crippen molar-refractivity contribution in [1.82, 2.24) is 0 Å². The van der Waals surface area contributed by atoms with Crippen LogP contribution in [0.2, 0.25) is 0 Å². The van der Waals surface area contributed by atoms with E-state index in [-0.39, 0.29) is 0 Å². The Morgan fingerprint density at radius 1 is 0.242 bits per heavy atom. The molecule has 0 aliphatic rings. The van der Waals surface area contributed by atoms with Gasteiger partial charge in [-0.05, 0) is 44.9 Å². The summed E-state index contributed by atoms with van der Waals surface area (Å²) in [5.74, 6) is 0. The third-order valence-electron chi connectivity index (χ3n) is 7.02. The minimum absolute atomic E-state index is 1.29. The first-order valence-electron chi connectivity index (χ1n) is 15.7. The van der Waals surface area contributed by atoms with E-state index in [1.165, 1.54) is 173 Å². The van der Waals surface area contributed by atoms with E-state index in [4.69, 9.17) is 0 Å². The highest BCUT2D eigenvalue weighted by Crippen LogP contribution is 2.15. The van der Waals surface area contributed by atoms with Gasteiger partial charge in [0.15, 0.2) is 0 Å². The summed E-state index contributed by atoms with van der Waals surface area (Å²) in [6.07, 6.45) is 47.9. The summed E-state index contributed by atoms with van der Waals surface area (Å²) < 4.78 is 0. The van der Waals surface area contributed by atoms with Crippen LogP contribution in [0.5, 0.6) is 0 Å². The molecule has 0 aliphatic heterocycles. The highest BCUT2D eigenvalue weighted by molar-refractivity contribution is 4.81. The number of hydrogen-bond donors (Lipinski definition) is 0. The van der Waals surface area contributed by atoms with Gasteiger partial charge in [-0.15, -0.1) is 0 Å². The molecule has 0 spiro atoms. The maximum Gasteiger partial charge on any atom is -0.0351 e. The summed E-state index contributed by atoms with van der Waals surface area (Å²) in [5.41, 5.74) is 0. The van der Waals surface area contributed by atoms with Crippen LogP contribution in [0.4, 0.5) is 0 Å². The molecule has 0 aromatic heterocycles. The lowest BCUT2D eigenvalue weighted by molar-refractivity contribution is 0.524. The Labute approximate surface area is 211 Å². The molecule has 0 saturated carbocycles. The highest BCUT2D eigenvalue weighted by atomic mass is 14.0. The van der Waals surface area contributed by atoms with Crippen LogP contribution in [0.15, 0.2) is 24.3 Å². The number of rotatable bonds is 28. The molecule has 0 aliphatic carbocycles. The summed E-state index contributed by atoms with van der Waals surface area (Å²) in [6.45, 7) is 4.55. The van der Waals surface area contributed by atoms with Gasteiger partial charge in [0.1, 0.15) is 0 Å². The molecule has 0 amide bonds. The normalized spacial score (nSPS) is 11.9. The van der Waals surface area contributed by atoms with Crippen molar-refractivity contribution in [3.05, 3.63) is 24.3 Å². The van der Waals surface area contributed by atoms with E-state index in [1.54, 1.807) is 0 Å². The van der Waals surface area contributed by atoms with E-state index in [1.807, 2.05) is 0 Å². The van der Waals surface area contributed by atoms with Crippen LogP contribution in [0.25, 0.3) is 0 Å². The molecule has 0 nitrogen and oxygen atoms in total. The molecule has 0 fully saturated rings. The van der Waals surface area contributed by atoms with Gasteiger partial charge in [-0.1, -0.05) is 167 Å². The second-order valence-corrected chi connectivity index (χ2v) is 10.5. The zero-order valence-corrected chi connectivity index (χ0v) is 23.4. The van der Waals surface area contributed by atoms with Crippen molar-refractivity contribution in [3.8, 4) is 0 Å². The van der Waals surface area contributed by atoms with Gasteiger partial charge < -0.3 is 0 Å². The van der Waals surface area contributed by atoms with Crippen LogP contribution < -0.4 is 0 Å². The Morgan fingerprint density at radius 3 is 0.727 bits per heavy atom. The molecule has 0 heterocycles. The standard InChI is InChI=1S/C33H64/c1-3-5-7-9-11-13-15-17-19-21-23-25-27-29-31-33-32-30-28-26-24-22-20-18-16-14-12-10-8-6-4-2/h9,11-12,14H,3-8,10,13,15-33H2,1-2H3. The molecule has 0 unspecified atom stereocenters. The lowest BCUT2D eigenvalue weighted by Gasteiger charge is -2.04. The van der Waals surface area contributed by atoms with Gasteiger partial charge in [-0.25, -0.2) is 0 Å². The largest absolute Gasteiger partial charge is 0.0885 e. The monoisotopic (exact) mass is 461 g/mol. The van der Waals surface area contributed by atoms with Crippen molar-refractivity contribution in [2.45, 2.75) is 187 Å². The van der Waals surface area contributed by atoms with E-state index in [0.717, 1.165) is 0 Å². The van der Waals surface area contributed by atoms with Crippen molar-refractivity contribution >= 4 is 0 Å². The molecule has 0 saturated heterocycles. The first kappa shape index (κ1) is 32.5. The quantitative estimate of drug-likeness (QED) is 0.0804. The fraction of sp³-hybridized carbons (Fsp3) is 0.879. The van der Waals surface area contributed by atoms with Crippen molar-refractivity contribution < 1.29 is 0 Å². The molecule has 0 aromatic rings. The molecule has 0 heteroatoms. The summed E-state index contributed by atoms with van der Waals surface area (Å²) >= 11 is 0. The van der Waals surface area contributed by atoms with Gasteiger partial charge in [0.2, 0.25) is 0 Å². The summed E-state index contributed by atoms with van der Waals surface area (Å²) in [5, 5.41) is 0. The predicted molar refractivity (Wildman–Crippen MR) is 154 cm³/mol. The van der Waals surface area contributed by atoms with Crippen LogP contribution >= 0.6 is 0 Å². The number of allylic oxidation sites excluding steroid dienone is 4. The van der Waals surface area contributed by atoms with Gasteiger partial charge >= 0.3 is 0 Å².